The number of hydrogen-bond donors (Lipinski definition) is 0. The summed E-state index contributed by atoms with van der Waals surface area (Å²) in [4.78, 5) is 0. The van der Waals surface area contributed by atoms with E-state index >= 15 is 0 Å². The minimum Gasteiger partial charge on any atom is -0.381 e. The molecule has 0 aromatic heterocycles. The van der Waals surface area contributed by atoms with Crippen LogP contribution in [-0.2, 0) is 4.74 Å². The number of ether oxygens (including phenoxy) is 1. The Morgan fingerprint density at radius 1 is 0.533 bits per heavy atom. The standard InChI is InChI=1S/C14H28O/c1-3-5-6-7-8-9-10-11-12-14-15-13-4-2/h1-14H2. The van der Waals surface area contributed by atoms with E-state index in [-0.39, 0.29) is 0 Å². The van der Waals surface area contributed by atoms with Crippen LogP contribution in [0.4, 0.5) is 0 Å². The Bertz CT molecular complexity index is 89.5. The van der Waals surface area contributed by atoms with Crippen LogP contribution < -0.4 is 0 Å². The molecule has 1 nitrogen and oxygen atoms in total. The van der Waals surface area contributed by atoms with Gasteiger partial charge >= 0.3 is 0 Å². The SMILES string of the molecule is [CH2]CCCCCCCCCCOCC[CH2]. The molecule has 0 aromatic carbocycles. The summed E-state index contributed by atoms with van der Waals surface area (Å²) >= 11 is 0. The van der Waals surface area contributed by atoms with Crippen LogP contribution in [0.15, 0.2) is 0 Å². The molecular weight excluding hydrogens is 184 g/mol. The van der Waals surface area contributed by atoms with Crippen LogP contribution in [0.2, 0.25) is 0 Å². The van der Waals surface area contributed by atoms with Crippen molar-refractivity contribution >= 4 is 0 Å². The molecule has 0 bridgehead atoms. The Morgan fingerprint density at radius 3 is 1.60 bits per heavy atom. The fraction of sp³-hybridized carbons (Fsp3) is 0.857. The fourth-order valence-corrected chi connectivity index (χ4v) is 1.65. The van der Waals surface area contributed by atoms with Crippen molar-refractivity contribution in [3.8, 4) is 0 Å². The van der Waals surface area contributed by atoms with Gasteiger partial charge in [0.2, 0.25) is 0 Å². The molecule has 15 heavy (non-hydrogen) atoms. The van der Waals surface area contributed by atoms with Crippen molar-refractivity contribution < 1.29 is 4.74 Å². The molecular formula is C14H28O. The van der Waals surface area contributed by atoms with Gasteiger partial charge in [-0.1, -0.05) is 65.2 Å². The maximum absolute atomic E-state index is 5.37. The molecule has 0 saturated carbocycles. The van der Waals surface area contributed by atoms with Crippen molar-refractivity contribution in [3.05, 3.63) is 13.8 Å². The van der Waals surface area contributed by atoms with Crippen molar-refractivity contribution in [1.29, 1.82) is 0 Å². The highest BCUT2D eigenvalue weighted by Gasteiger charge is 1.92. The lowest BCUT2D eigenvalue weighted by Crippen LogP contribution is -1.95. The smallest absolute Gasteiger partial charge is 0.0466 e. The highest BCUT2D eigenvalue weighted by atomic mass is 16.5. The third kappa shape index (κ3) is 14.0. The largest absolute Gasteiger partial charge is 0.381 e. The average molecular weight is 212 g/mol. The first-order valence-corrected chi connectivity index (χ1v) is 6.58. The van der Waals surface area contributed by atoms with Crippen molar-refractivity contribution in [1.82, 2.24) is 0 Å². The van der Waals surface area contributed by atoms with Gasteiger partial charge in [0, 0.05) is 13.2 Å². The number of unbranched alkanes of at least 4 members (excludes halogenated alkanes) is 8. The van der Waals surface area contributed by atoms with Crippen molar-refractivity contribution in [2.75, 3.05) is 13.2 Å². The second-order valence-electron chi connectivity index (χ2n) is 4.15. The maximum atomic E-state index is 5.37. The molecule has 0 aliphatic heterocycles. The Labute approximate surface area is 96.6 Å². The van der Waals surface area contributed by atoms with Crippen LogP contribution in [0.25, 0.3) is 0 Å². The van der Waals surface area contributed by atoms with E-state index in [1.807, 2.05) is 0 Å². The first-order chi connectivity index (χ1) is 7.41. The van der Waals surface area contributed by atoms with Gasteiger partial charge in [0.25, 0.3) is 0 Å². The van der Waals surface area contributed by atoms with Crippen LogP contribution in [0, 0.1) is 13.8 Å². The van der Waals surface area contributed by atoms with E-state index in [9.17, 15) is 0 Å². The molecule has 0 rings (SSSR count). The van der Waals surface area contributed by atoms with E-state index in [0.29, 0.717) is 0 Å². The van der Waals surface area contributed by atoms with Gasteiger partial charge in [-0.2, -0.15) is 0 Å². The van der Waals surface area contributed by atoms with Gasteiger partial charge in [0.1, 0.15) is 0 Å². The summed E-state index contributed by atoms with van der Waals surface area (Å²) in [6, 6.07) is 0. The predicted molar refractivity (Wildman–Crippen MR) is 67.7 cm³/mol. The summed E-state index contributed by atoms with van der Waals surface area (Å²) in [7, 11) is 0. The van der Waals surface area contributed by atoms with E-state index in [0.717, 1.165) is 26.1 Å². The number of rotatable bonds is 12. The highest BCUT2D eigenvalue weighted by molar-refractivity contribution is 4.48. The zero-order valence-electron chi connectivity index (χ0n) is 10.3. The molecule has 0 atom stereocenters. The van der Waals surface area contributed by atoms with Gasteiger partial charge in [0.15, 0.2) is 0 Å². The van der Waals surface area contributed by atoms with Crippen LogP contribution in [0.3, 0.4) is 0 Å². The van der Waals surface area contributed by atoms with Gasteiger partial charge in [-0.3, -0.25) is 0 Å². The lowest BCUT2D eigenvalue weighted by atomic mass is 10.1. The zero-order valence-corrected chi connectivity index (χ0v) is 10.3. The Morgan fingerprint density at radius 2 is 1.07 bits per heavy atom. The van der Waals surface area contributed by atoms with Crippen LogP contribution >= 0.6 is 0 Å². The summed E-state index contributed by atoms with van der Waals surface area (Å²) in [6.45, 7) is 9.34. The van der Waals surface area contributed by atoms with Crippen molar-refractivity contribution in [2.45, 2.75) is 64.2 Å². The monoisotopic (exact) mass is 212 g/mol. The fourth-order valence-electron chi connectivity index (χ4n) is 1.65. The molecule has 0 aliphatic carbocycles. The molecule has 0 N–H and O–H groups in total. The Hall–Kier alpha value is -0.0400. The second kappa shape index (κ2) is 14.0. The summed E-state index contributed by atoms with van der Waals surface area (Å²) in [5, 5.41) is 0. The van der Waals surface area contributed by atoms with Crippen LogP contribution in [0.5, 0.6) is 0 Å². The van der Waals surface area contributed by atoms with Gasteiger partial charge in [-0.05, 0) is 12.8 Å². The summed E-state index contributed by atoms with van der Waals surface area (Å²) in [6.07, 6.45) is 12.8. The Kier molecular flexibility index (Phi) is 13.9. The zero-order chi connectivity index (χ0) is 11.2. The van der Waals surface area contributed by atoms with E-state index < -0.39 is 0 Å². The molecule has 0 aromatic rings. The minimum atomic E-state index is 0.824. The molecule has 1 heteroatoms. The molecule has 0 saturated heterocycles. The van der Waals surface area contributed by atoms with E-state index in [1.54, 1.807) is 0 Å². The van der Waals surface area contributed by atoms with E-state index in [4.69, 9.17) is 4.74 Å². The van der Waals surface area contributed by atoms with Gasteiger partial charge < -0.3 is 4.74 Å². The molecule has 0 fully saturated rings. The predicted octanol–water partition coefficient (Wildman–Crippen LogP) is 4.57. The van der Waals surface area contributed by atoms with E-state index in [1.165, 1.54) is 51.4 Å². The van der Waals surface area contributed by atoms with Crippen LogP contribution in [-0.4, -0.2) is 13.2 Å². The van der Waals surface area contributed by atoms with Gasteiger partial charge in [-0.15, -0.1) is 0 Å². The Balaban J connectivity index is 2.81. The third-order valence-corrected chi connectivity index (χ3v) is 2.58. The van der Waals surface area contributed by atoms with Crippen molar-refractivity contribution in [2.24, 2.45) is 0 Å². The molecule has 0 unspecified atom stereocenters. The number of hydrogen-bond acceptors (Lipinski definition) is 1. The highest BCUT2D eigenvalue weighted by Crippen LogP contribution is 2.09. The third-order valence-electron chi connectivity index (χ3n) is 2.58. The normalized spacial score (nSPS) is 10.8. The summed E-state index contributed by atoms with van der Waals surface area (Å²) in [5.41, 5.74) is 0. The lowest BCUT2D eigenvalue weighted by molar-refractivity contribution is 0.134. The van der Waals surface area contributed by atoms with E-state index in [2.05, 4.69) is 13.8 Å². The van der Waals surface area contributed by atoms with Gasteiger partial charge in [0.05, 0.1) is 0 Å². The second-order valence-corrected chi connectivity index (χ2v) is 4.15. The minimum absolute atomic E-state index is 0.824. The topological polar surface area (TPSA) is 9.23 Å². The molecule has 0 aliphatic rings. The molecule has 0 heterocycles. The van der Waals surface area contributed by atoms with Crippen LogP contribution in [0.1, 0.15) is 64.2 Å². The average Bonchev–Trinajstić information content (AvgIpc) is 2.26. The maximum Gasteiger partial charge on any atom is 0.0466 e. The molecule has 0 amide bonds. The first-order valence-electron chi connectivity index (χ1n) is 6.58. The molecule has 2 radical (unpaired) electrons. The molecule has 0 spiro atoms. The summed E-state index contributed by atoms with van der Waals surface area (Å²) < 4.78 is 5.37. The quantitative estimate of drug-likeness (QED) is 0.430. The summed E-state index contributed by atoms with van der Waals surface area (Å²) in [5.74, 6) is 0. The molecule has 90 valence electrons. The van der Waals surface area contributed by atoms with Crippen molar-refractivity contribution in [3.63, 3.8) is 0 Å². The lowest BCUT2D eigenvalue weighted by Gasteiger charge is -2.03. The van der Waals surface area contributed by atoms with Gasteiger partial charge in [-0.25, -0.2) is 0 Å². The first kappa shape index (κ1) is 15.0.